The zero-order valence-electron chi connectivity index (χ0n) is 15.6. The van der Waals surface area contributed by atoms with Crippen molar-refractivity contribution in [3.8, 4) is 11.5 Å². The standard InChI is InChI=1S/C20H20N4O4S/c25-18(21-20-23-22-19(28-20)15-9-3-1-4-10-15)17-13-7-8-14-24(17)29(26,27)16-11-5-2-6-12-16/h1-6,9-12,17H,7-8,13-14H2,(H,21,23,25)/t17-/m1/s1. The monoisotopic (exact) mass is 412 g/mol. The minimum atomic E-state index is -3.78. The van der Waals surface area contributed by atoms with Gasteiger partial charge in [-0.2, -0.15) is 4.31 Å². The molecule has 4 rings (SSSR count). The molecule has 0 bridgehead atoms. The highest BCUT2D eigenvalue weighted by molar-refractivity contribution is 7.89. The minimum Gasteiger partial charge on any atom is -0.403 e. The largest absolute Gasteiger partial charge is 0.403 e. The van der Waals surface area contributed by atoms with Gasteiger partial charge in [-0.05, 0) is 37.1 Å². The van der Waals surface area contributed by atoms with Crippen molar-refractivity contribution in [3.05, 3.63) is 60.7 Å². The van der Waals surface area contributed by atoms with Crippen LogP contribution in [0.2, 0.25) is 0 Å². The number of nitrogens with one attached hydrogen (secondary N) is 1. The van der Waals surface area contributed by atoms with Crippen LogP contribution in [0.3, 0.4) is 0 Å². The Hall–Kier alpha value is -3.04. The van der Waals surface area contributed by atoms with Gasteiger partial charge >= 0.3 is 6.01 Å². The first kappa shape index (κ1) is 19.3. The van der Waals surface area contributed by atoms with Gasteiger partial charge in [0.15, 0.2) is 0 Å². The Morgan fingerprint density at radius 1 is 1.00 bits per heavy atom. The fraction of sp³-hybridized carbons (Fsp3) is 0.250. The lowest BCUT2D eigenvalue weighted by Crippen LogP contribution is -2.49. The first-order valence-electron chi connectivity index (χ1n) is 9.32. The highest BCUT2D eigenvalue weighted by Crippen LogP contribution is 2.26. The minimum absolute atomic E-state index is 0.0588. The van der Waals surface area contributed by atoms with E-state index >= 15 is 0 Å². The second-order valence-corrected chi connectivity index (χ2v) is 8.60. The number of carbonyl (C=O) groups excluding carboxylic acids is 1. The quantitative estimate of drug-likeness (QED) is 0.691. The second kappa shape index (κ2) is 8.14. The van der Waals surface area contributed by atoms with Gasteiger partial charge in [-0.25, -0.2) is 8.42 Å². The molecule has 0 aliphatic carbocycles. The lowest BCUT2D eigenvalue weighted by molar-refractivity contribution is -0.120. The molecule has 2 heterocycles. The van der Waals surface area contributed by atoms with Gasteiger partial charge in [-0.1, -0.05) is 47.9 Å². The van der Waals surface area contributed by atoms with Crippen LogP contribution in [0, 0.1) is 0 Å². The SMILES string of the molecule is O=C(Nc1nnc(-c2ccccc2)o1)[C@H]1CCCCN1S(=O)(=O)c1ccccc1. The number of aromatic nitrogens is 2. The van der Waals surface area contributed by atoms with E-state index in [-0.39, 0.29) is 23.3 Å². The zero-order chi connectivity index (χ0) is 20.3. The first-order valence-corrected chi connectivity index (χ1v) is 10.8. The first-order chi connectivity index (χ1) is 14.1. The summed E-state index contributed by atoms with van der Waals surface area (Å²) in [4.78, 5) is 13.0. The van der Waals surface area contributed by atoms with Gasteiger partial charge in [0.05, 0.1) is 4.90 Å². The van der Waals surface area contributed by atoms with E-state index in [1.807, 2.05) is 30.3 Å². The molecule has 3 aromatic rings. The van der Waals surface area contributed by atoms with Gasteiger partial charge in [0.2, 0.25) is 21.8 Å². The molecule has 1 amide bonds. The summed E-state index contributed by atoms with van der Waals surface area (Å²) in [5, 5.41) is 10.4. The van der Waals surface area contributed by atoms with Crippen LogP contribution < -0.4 is 5.32 Å². The molecule has 1 saturated heterocycles. The normalized spacial score (nSPS) is 17.7. The number of nitrogens with zero attached hydrogens (tertiary/aromatic N) is 3. The molecule has 1 aliphatic rings. The maximum atomic E-state index is 13.0. The van der Waals surface area contributed by atoms with E-state index in [1.54, 1.807) is 18.2 Å². The van der Waals surface area contributed by atoms with Crippen molar-refractivity contribution in [3.63, 3.8) is 0 Å². The average molecular weight is 412 g/mol. The van der Waals surface area contributed by atoms with Crippen LogP contribution in [0.5, 0.6) is 0 Å². The van der Waals surface area contributed by atoms with Crippen LogP contribution in [0.15, 0.2) is 70.0 Å². The number of hydrogen-bond donors (Lipinski definition) is 1. The maximum Gasteiger partial charge on any atom is 0.322 e. The molecule has 1 N–H and O–H groups in total. The molecule has 1 aromatic heterocycles. The van der Waals surface area contributed by atoms with E-state index in [1.165, 1.54) is 16.4 Å². The molecule has 0 saturated carbocycles. The number of hydrogen-bond acceptors (Lipinski definition) is 6. The number of carbonyl (C=O) groups is 1. The number of sulfonamides is 1. The third-order valence-corrected chi connectivity index (χ3v) is 6.70. The molecule has 150 valence electrons. The summed E-state index contributed by atoms with van der Waals surface area (Å²) in [6.07, 6.45) is 1.89. The van der Waals surface area contributed by atoms with Gasteiger partial charge in [-0.15, -0.1) is 5.10 Å². The summed E-state index contributed by atoms with van der Waals surface area (Å²) >= 11 is 0. The van der Waals surface area contributed by atoms with Gasteiger partial charge in [0.25, 0.3) is 0 Å². The number of rotatable bonds is 5. The lowest BCUT2D eigenvalue weighted by atomic mass is 10.0. The predicted molar refractivity (Wildman–Crippen MR) is 106 cm³/mol. The van der Waals surface area contributed by atoms with E-state index in [0.29, 0.717) is 12.8 Å². The Kier molecular flexibility index (Phi) is 5.41. The molecule has 9 heteroatoms. The summed E-state index contributed by atoms with van der Waals surface area (Å²) in [5.74, 6) is -0.203. The zero-order valence-corrected chi connectivity index (χ0v) is 16.4. The molecule has 8 nitrogen and oxygen atoms in total. The highest BCUT2D eigenvalue weighted by atomic mass is 32.2. The molecule has 1 atom stereocenters. The molecule has 1 fully saturated rings. The van der Waals surface area contributed by atoms with E-state index in [0.717, 1.165) is 12.0 Å². The van der Waals surface area contributed by atoms with Crippen molar-refractivity contribution in [1.29, 1.82) is 0 Å². The Morgan fingerprint density at radius 2 is 1.69 bits per heavy atom. The van der Waals surface area contributed by atoms with Crippen molar-refractivity contribution in [1.82, 2.24) is 14.5 Å². The molecule has 0 spiro atoms. The molecule has 0 unspecified atom stereocenters. The van der Waals surface area contributed by atoms with E-state index < -0.39 is 22.0 Å². The molecule has 1 aliphatic heterocycles. The Labute approximate surface area is 168 Å². The van der Waals surface area contributed by atoms with Crippen LogP contribution in [0.4, 0.5) is 6.01 Å². The third kappa shape index (κ3) is 4.06. The van der Waals surface area contributed by atoms with Crippen molar-refractivity contribution < 1.29 is 17.6 Å². The summed E-state index contributed by atoms with van der Waals surface area (Å²) in [6.45, 7) is 0.286. The molecule has 0 radical (unpaired) electrons. The summed E-state index contributed by atoms with van der Waals surface area (Å²) < 4.78 is 32.9. The van der Waals surface area contributed by atoms with Crippen molar-refractivity contribution in [2.24, 2.45) is 0 Å². The number of anilines is 1. The third-order valence-electron chi connectivity index (χ3n) is 4.78. The second-order valence-electron chi connectivity index (χ2n) is 6.71. The summed E-state index contributed by atoms with van der Waals surface area (Å²) in [5.41, 5.74) is 0.728. The van der Waals surface area contributed by atoms with Gasteiger partial charge in [0.1, 0.15) is 6.04 Å². The topological polar surface area (TPSA) is 105 Å². The highest BCUT2D eigenvalue weighted by Gasteiger charge is 2.38. The van der Waals surface area contributed by atoms with Crippen LogP contribution in [-0.4, -0.2) is 41.4 Å². The Morgan fingerprint density at radius 3 is 2.41 bits per heavy atom. The van der Waals surface area contributed by atoms with E-state index in [2.05, 4.69) is 15.5 Å². The smallest absolute Gasteiger partial charge is 0.322 e. The van der Waals surface area contributed by atoms with Crippen molar-refractivity contribution in [2.45, 2.75) is 30.2 Å². The van der Waals surface area contributed by atoms with Crippen LogP contribution in [0.1, 0.15) is 19.3 Å². The van der Waals surface area contributed by atoms with Gasteiger partial charge in [-0.3, -0.25) is 10.1 Å². The van der Waals surface area contributed by atoms with Crippen LogP contribution >= 0.6 is 0 Å². The average Bonchev–Trinajstić information content (AvgIpc) is 3.23. The number of piperidine rings is 1. The predicted octanol–water partition coefficient (Wildman–Crippen LogP) is 2.92. The Balaban J connectivity index is 1.53. The van der Waals surface area contributed by atoms with Gasteiger partial charge in [0, 0.05) is 12.1 Å². The van der Waals surface area contributed by atoms with Crippen molar-refractivity contribution in [2.75, 3.05) is 11.9 Å². The molecular formula is C20H20N4O4S. The summed E-state index contributed by atoms with van der Waals surface area (Å²) in [7, 11) is -3.78. The number of amides is 1. The van der Waals surface area contributed by atoms with Crippen molar-refractivity contribution >= 4 is 21.9 Å². The maximum absolute atomic E-state index is 13.0. The van der Waals surface area contributed by atoms with Crippen LogP contribution in [0.25, 0.3) is 11.5 Å². The fourth-order valence-electron chi connectivity index (χ4n) is 3.34. The molecule has 29 heavy (non-hydrogen) atoms. The fourth-order valence-corrected chi connectivity index (χ4v) is 5.02. The van der Waals surface area contributed by atoms with Crippen LogP contribution in [-0.2, 0) is 14.8 Å². The molecular weight excluding hydrogens is 392 g/mol. The van der Waals surface area contributed by atoms with Gasteiger partial charge < -0.3 is 4.42 Å². The molecule has 2 aromatic carbocycles. The lowest BCUT2D eigenvalue weighted by Gasteiger charge is -2.33. The Bertz CT molecular complexity index is 1080. The number of benzene rings is 2. The van der Waals surface area contributed by atoms with E-state index in [4.69, 9.17) is 4.42 Å². The summed E-state index contributed by atoms with van der Waals surface area (Å²) in [6, 6.07) is 16.4. The van der Waals surface area contributed by atoms with E-state index in [9.17, 15) is 13.2 Å².